The smallest absolute Gasteiger partial charge is 0.270 e. The number of carbonyl (C=O) groups excluding carboxylic acids is 1. The number of nitro benzene ring substituents is 1. The van der Waals surface area contributed by atoms with Crippen LogP contribution in [0.25, 0.3) is 0 Å². The molecule has 84 valence electrons. The van der Waals surface area contributed by atoms with E-state index in [0.717, 1.165) is 25.7 Å². The van der Waals surface area contributed by atoms with Gasteiger partial charge < -0.3 is 0 Å². The van der Waals surface area contributed by atoms with Crippen molar-refractivity contribution < 1.29 is 9.72 Å². The lowest BCUT2D eigenvalue weighted by Gasteiger charge is -2.07. The van der Waals surface area contributed by atoms with Crippen LogP contribution in [0.15, 0.2) is 24.3 Å². The second-order valence-electron chi connectivity index (χ2n) is 4.15. The summed E-state index contributed by atoms with van der Waals surface area (Å²) in [6.07, 6.45) is 4.01. The maximum Gasteiger partial charge on any atom is 0.270 e. The molecule has 0 radical (unpaired) electrons. The minimum atomic E-state index is -0.467. The Balaban J connectivity index is 2.22. The number of non-ortho nitro benzene ring substituents is 1. The van der Waals surface area contributed by atoms with Crippen molar-refractivity contribution in [1.29, 1.82) is 0 Å². The van der Waals surface area contributed by atoms with Crippen molar-refractivity contribution in [3.8, 4) is 0 Å². The summed E-state index contributed by atoms with van der Waals surface area (Å²) in [5.41, 5.74) is 0.463. The van der Waals surface area contributed by atoms with Crippen LogP contribution in [-0.2, 0) is 0 Å². The minimum absolute atomic E-state index is 0.0103. The van der Waals surface area contributed by atoms with E-state index in [4.69, 9.17) is 0 Å². The molecule has 0 unspecified atom stereocenters. The van der Waals surface area contributed by atoms with E-state index in [1.807, 2.05) is 0 Å². The monoisotopic (exact) mass is 219 g/mol. The third kappa shape index (κ3) is 2.10. The molecule has 0 spiro atoms. The van der Waals surface area contributed by atoms with Gasteiger partial charge in [-0.2, -0.15) is 0 Å². The van der Waals surface area contributed by atoms with E-state index in [1.165, 1.54) is 12.1 Å². The molecular formula is C12H13NO3. The lowest BCUT2D eigenvalue weighted by atomic mass is 9.96. The van der Waals surface area contributed by atoms with Crippen LogP contribution in [0.5, 0.6) is 0 Å². The average molecular weight is 219 g/mol. The van der Waals surface area contributed by atoms with Crippen LogP contribution >= 0.6 is 0 Å². The Morgan fingerprint density at radius 1 is 1.31 bits per heavy atom. The zero-order chi connectivity index (χ0) is 11.5. The topological polar surface area (TPSA) is 60.2 Å². The van der Waals surface area contributed by atoms with Gasteiger partial charge in [-0.15, -0.1) is 0 Å². The first-order valence-electron chi connectivity index (χ1n) is 5.47. The van der Waals surface area contributed by atoms with E-state index >= 15 is 0 Å². The van der Waals surface area contributed by atoms with E-state index in [2.05, 4.69) is 0 Å². The van der Waals surface area contributed by atoms with Crippen molar-refractivity contribution >= 4 is 11.5 Å². The van der Waals surface area contributed by atoms with Crippen molar-refractivity contribution in [3.05, 3.63) is 39.9 Å². The minimum Gasteiger partial charge on any atom is -0.294 e. The zero-order valence-corrected chi connectivity index (χ0v) is 8.89. The Hall–Kier alpha value is -1.71. The summed E-state index contributed by atoms with van der Waals surface area (Å²) in [5.74, 6) is 0.128. The summed E-state index contributed by atoms with van der Waals surface area (Å²) in [6.45, 7) is 0. The van der Waals surface area contributed by atoms with Gasteiger partial charge in [0.2, 0.25) is 0 Å². The predicted octanol–water partition coefficient (Wildman–Crippen LogP) is 2.97. The molecule has 4 heteroatoms. The second kappa shape index (κ2) is 4.43. The first-order valence-corrected chi connectivity index (χ1v) is 5.47. The Morgan fingerprint density at radius 3 is 2.62 bits per heavy atom. The molecule has 4 nitrogen and oxygen atoms in total. The van der Waals surface area contributed by atoms with Gasteiger partial charge in [-0.25, -0.2) is 0 Å². The van der Waals surface area contributed by atoms with Gasteiger partial charge in [0.25, 0.3) is 5.69 Å². The van der Waals surface area contributed by atoms with Crippen molar-refractivity contribution in [2.45, 2.75) is 25.7 Å². The van der Waals surface area contributed by atoms with Gasteiger partial charge in [0.1, 0.15) is 0 Å². The van der Waals surface area contributed by atoms with Crippen molar-refractivity contribution in [1.82, 2.24) is 0 Å². The molecule has 0 atom stereocenters. The summed E-state index contributed by atoms with van der Waals surface area (Å²) in [4.78, 5) is 22.1. The highest BCUT2D eigenvalue weighted by Crippen LogP contribution is 2.28. The normalized spacial score (nSPS) is 16.2. The molecule has 0 heterocycles. The highest BCUT2D eigenvalue weighted by atomic mass is 16.6. The molecule has 1 saturated carbocycles. The summed E-state index contributed by atoms with van der Waals surface area (Å²) in [5, 5.41) is 10.6. The number of hydrogen-bond acceptors (Lipinski definition) is 3. The van der Waals surface area contributed by atoms with E-state index in [1.54, 1.807) is 12.1 Å². The van der Waals surface area contributed by atoms with Crippen LogP contribution in [0, 0.1) is 16.0 Å². The fourth-order valence-electron chi connectivity index (χ4n) is 2.20. The number of nitrogens with zero attached hydrogens (tertiary/aromatic N) is 1. The molecule has 0 amide bonds. The summed E-state index contributed by atoms with van der Waals surface area (Å²) in [7, 11) is 0. The van der Waals surface area contributed by atoms with Crippen molar-refractivity contribution in [2.75, 3.05) is 0 Å². The number of Topliss-reactive ketones (excluding diaryl/α,β-unsaturated/α-hetero) is 1. The molecule has 0 N–H and O–H groups in total. The highest BCUT2D eigenvalue weighted by Gasteiger charge is 2.24. The third-order valence-electron chi connectivity index (χ3n) is 3.07. The number of hydrogen-bond donors (Lipinski definition) is 0. The second-order valence-corrected chi connectivity index (χ2v) is 4.15. The molecular weight excluding hydrogens is 206 g/mol. The maximum absolute atomic E-state index is 12.0. The SMILES string of the molecule is O=C(c1cccc([N+](=O)[O-])c1)C1CCCC1. The predicted molar refractivity (Wildman–Crippen MR) is 59.4 cm³/mol. The fraction of sp³-hybridized carbons (Fsp3) is 0.417. The van der Waals surface area contributed by atoms with Gasteiger partial charge in [-0.05, 0) is 12.8 Å². The van der Waals surface area contributed by atoms with Crippen LogP contribution in [0.3, 0.4) is 0 Å². The Kier molecular flexibility index (Phi) is 2.99. The van der Waals surface area contributed by atoms with E-state index in [9.17, 15) is 14.9 Å². The van der Waals surface area contributed by atoms with Crippen LogP contribution in [0.1, 0.15) is 36.0 Å². The lowest BCUT2D eigenvalue weighted by Crippen LogP contribution is -2.11. The van der Waals surface area contributed by atoms with Crippen LogP contribution in [0.4, 0.5) is 5.69 Å². The molecule has 0 aromatic heterocycles. The zero-order valence-electron chi connectivity index (χ0n) is 8.89. The molecule has 2 rings (SSSR count). The van der Waals surface area contributed by atoms with Gasteiger partial charge in [0, 0.05) is 23.6 Å². The van der Waals surface area contributed by atoms with E-state index in [-0.39, 0.29) is 17.4 Å². The van der Waals surface area contributed by atoms with Crippen LogP contribution in [-0.4, -0.2) is 10.7 Å². The van der Waals surface area contributed by atoms with Gasteiger partial charge in [-0.3, -0.25) is 14.9 Å². The van der Waals surface area contributed by atoms with Gasteiger partial charge in [-0.1, -0.05) is 25.0 Å². The number of rotatable bonds is 3. The summed E-state index contributed by atoms with van der Waals surface area (Å²) >= 11 is 0. The molecule has 1 aliphatic rings. The van der Waals surface area contributed by atoms with Gasteiger partial charge in [0.15, 0.2) is 5.78 Å². The van der Waals surface area contributed by atoms with E-state index in [0.29, 0.717) is 5.56 Å². The number of benzene rings is 1. The molecule has 0 bridgehead atoms. The fourth-order valence-corrected chi connectivity index (χ4v) is 2.20. The molecule has 1 fully saturated rings. The number of ketones is 1. The largest absolute Gasteiger partial charge is 0.294 e. The Bertz CT molecular complexity index is 422. The summed E-state index contributed by atoms with van der Waals surface area (Å²) < 4.78 is 0. The number of nitro groups is 1. The van der Waals surface area contributed by atoms with Gasteiger partial charge in [0.05, 0.1) is 4.92 Å². The van der Waals surface area contributed by atoms with Crippen LogP contribution < -0.4 is 0 Å². The first kappa shape index (κ1) is 10.8. The quantitative estimate of drug-likeness (QED) is 0.446. The van der Waals surface area contributed by atoms with Crippen LogP contribution in [0.2, 0.25) is 0 Å². The van der Waals surface area contributed by atoms with E-state index < -0.39 is 4.92 Å². The average Bonchev–Trinajstić information content (AvgIpc) is 2.81. The molecule has 0 aliphatic heterocycles. The maximum atomic E-state index is 12.0. The standard InChI is InChI=1S/C12H13NO3/c14-12(9-4-1-2-5-9)10-6-3-7-11(8-10)13(15)16/h3,6-9H,1-2,4-5H2. The van der Waals surface area contributed by atoms with Gasteiger partial charge >= 0.3 is 0 Å². The molecule has 1 aromatic carbocycles. The molecule has 16 heavy (non-hydrogen) atoms. The first-order chi connectivity index (χ1) is 7.68. The van der Waals surface area contributed by atoms with Crippen molar-refractivity contribution in [2.24, 2.45) is 5.92 Å². The third-order valence-corrected chi connectivity index (χ3v) is 3.07. The summed E-state index contributed by atoms with van der Waals surface area (Å²) in [6, 6.07) is 6.01. The Morgan fingerprint density at radius 2 is 2.00 bits per heavy atom. The molecule has 0 saturated heterocycles. The highest BCUT2D eigenvalue weighted by molar-refractivity contribution is 5.98. The lowest BCUT2D eigenvalue weighted by molar-refractivity contribution is -0.384. The Labute approximate surface area is 93.4 Å². The molecule has 1 aliphatic carbocycles. The molecule has 1 aromatic rings. The van der Waals surface area contributed by atoms with Crippen molar-refractivity contribution in [3.63, 3.8) is 0 Å². The number of carbonyl (C=O) groups is 1.